The summed E-state index contributed by atoms with van der Waals surface area (Å²) in [6.07, 6.45) is 2.51. The van der Waals surface area contributed by atoms with Gasteiger partial charge in [-0.1, -0.05) is 24.3 Å². The topological polar surface area (TPSA) is 104 Å². The number of oxazole rings is 1. The fourth-order valence-electron chi connectivity index (χ4n) is 2.77. The van der Waals surface area contributed by atoms with Crippen LogP contribution < -0.4 is 0 Å². The largest absolute Gasteiger partial charge is 0.441 e. The molecule has 9 heteroatoms. The Balaban J connectivity index is 1.76. The molecule has 0 unspecified atom stereocenters. The predicted octanol–water partition coefficient (Wildman–Crippen LogP) is 3.24. The third-order valence-corrected chi connectivity index (χ3v) is 6.00. The van der Waals surface area contributed by atoms with Crippen LogP contribution in [0.4, 0.5) is 0 Å². The molecule has 0 aliphatic heterocycles. The van der Waals surface area contributed by atoms with Gasteiger partial charge in [-0.05, 0) is 42.3 Å². The summed E-state index contributed by atoms with van der Waals surface area (Å²) in [6.45, 7) is 1.78. The minimum absolute atomic E-state index is 0.00800. The Bertz CT molecular complexity index is 1210. The summed E-state index contributed by atoms with van der Waals surface area (Å²) in [5.74, 6) is 1.05. The van der Waals surface area contributed by atoms with Crippen LogP contribution in [-0.4, -0.2) is 40.9 Å². The van der Waals surface area contributed by atoms with Crippen LogP contribution in [0.15, 0.2) is 57.8 Å². The van der Waals surface area contributed by atoms with E-state index in [0.29, 0.717) is 23.8 Å². The van der Waals surface area contributed by atoms with Gasteiger partial charge in [0.15, 0.2) is 9.84 Å². The molecule has 2 aromatic carbocycles. The van der Waals surface area contributed by atoms with Gasteiger partial charge >= 0.3 is 0 Å². The van der Waals surface area contributed by atoms with Crippen molar-refractivity contribution in [2.75, 3.05) is 19.1 Å². The summed E-state index contributed by atoms with van der Waals surface area (Å²) in [4.78, 5) is 4.71. The zero-order valence-electron chi connectivity index (χ0n) is 16.2. The van der Waals surface area contributed by atoms with Gasteiger partial charge in [-0.15, -0.1) is 0 Å². The van der Waals surface area contributed by atoms with Crippen molar-refractivity contribution in [1.82, 2.24) is 4.98 Å². The molecule has 1 heterocycles. The number of sulfone groups is 1. The summed E-state index contributed by atoms with van der Waals surface area (Å²) in [6, 6.07) is 14.2. The van der Waals surface area contributed by atoms with Gasteiger partial charge in [-0.25, -0.2) is 13.4 Å². The molecule has 0 bridgehead atoms. The molecule has 0 spiro atoms. The lowest BCUT2D eigenvalue weighted by atomic mass is 10.0. The second-order valence-electron chi connectivity index (χ2n) is 6.67. The van der Waals surface area contributed by atoms with Crippen LogP contribution in [0.1, 0.15) is 11.5 Å². The molecule has 0 N–H and O–H groups in total. The van der Waals surface area contributed by atoms with Gasteiger partial charge in [-0.2, -0.15) is 8.42 Å². The first-order chi connectivity index (χ1) is 13.5. The molecule has 29 heavy (non-hydrogen) atoms. The van der Waals surface area contributed by atoms with Gasteiger partial charge in [0.25, 0.3) is 10.1 Å². The molecule has 0 radical (unpaired) electrons. The van der Waals surface area contributed by atoms with Crippen molar-refractivity contribution >= 4 is 20.0 Å². The molecule has 3 aromatic rings. The minimum Gasteiger partial charge on any atom is -0.441 e. The summed E-state index contributed by atoms with van der Waals surface area (Å²) < 4.78 is 55.7. The molecule has 154 valence electrons. The van der Waals surface area contributed by atoms with E-state index in [-0.39, 0.29) is 11.5 Å². The lowest BCUT2D eigenvalue weighted by Crippen LogP contribution is -2.06. The molecule has 0 fully saturated rings. The lowest BCUT2D eigenvalue weighted by molar-refractivity contribution is 0.324. The van der Waals surface area contributed by atoms with Gasteiger partial charge in [0.2, 0.25) is 5.89 Å². The van der Waals surface area contributed by atoms with Crippen LogP contribution in [0.3, 0.4) is 0 Å². The van der Waals surface area contributed by atoms with Crippen LogP contribution in [0.25, 0.3) is 22.6 Å². The smallest absolute Gasteiger partial charge is 0.264 e. The summed E-state index contributed by atoms with van der Waals surface area (Å²) in [5.41, 5.74) is 3.24. The van der Waals surface area contributed by atoms with Crippen LogP contribution >= 0.6 is 0 Å². The highest BCUT2D eigenvalue weighted by Crippen LogP contribution is 2.27. The third-order valence-electron chi connectivity index (χ3n) is 4.28. The highest BCUT2D eigenvalue weighted by Gasteiger charge is 2.13. The number of hydrogen-bond donors (Lipinski definition) is 0. The van der Waals surface area contributed by atoms with Crippen molar-refractivity contribution in [3.8, 4) is 22.6 Å². The number of aromatic nitrogens is 1. The summed E-state index contributed by atoms with van der Waals surface area (Å²) in [5, 5.41) is 0. The van der Waals surface area contributed by atoms with Gasteiger partial charge in [0.1, 0.15) is 5.76 Å². The third kappa shape index (κ3) is 5.53. The first kappa shape index (κ1) is 21.2. The zero-order valence-corrected chi connectivity index (χ0v) is 17.9. The first-order valence-corrected chi connectivity index (χ1v) is 12.5. The Kier molecular flexibility index (Phi) is 5.92. The summed E-state index contributed by atoms with van der Waals surface area (Å²) >= 11 is 0. The van der Waals surface area contributed by atoms with E-state index in [2.05, 4.69) is 4.98 Å². The molecule has 3 rings (SSSR count). The molecule has 0 saturated carbocycles. The van der Waals surface area contributed by atoms with Crippen molar-refractivity contribution < 1.29 is 25.4 Å². The molecular formula is C20H21NO6S2. The van der Waals surface area contributed by atoms with Crippen LogP contribution in [0.2, 0.25) is 0 Å². The van der Waals surface area contributed by atoms with Gasteiger partial charge in [0, 0.05) is 18.2 Å². The fraction of sp³-hybridized carbons (Fsp3) is 0.250. The fourth-order valence-corrected chi connectivity index (χ4v) is 3.79. The zero-order chi connectivity index (χ0) is 21.2. The molecule has 1 aromatic heterocycles. The Morgan fingerprint density at radius 1 is 0.862 bits per heavy atom. The highest BCUT2D eigenvalue weighted by molar-refractivity contribution is 7.90. The van der Waals surface area contributed by atoms with Crippen molar-refractivity contribution in [2.24, 2.45) is 0 Å². The quantitative estimate of drug-likeness (QED) is 0.525. The molecule has 0 atom stereocenters. The summed E-state index contributed by atoms with van der Waals surface area (Å²) in [7, 11) is -6.71. The van der Waals surface area contributed by atoms with E-state index >= 15 is 0 Å². The Morgan fingerprint density at radius 2 is 1.38 bits per heavy atom. The molecule has 0 saturated heterocycles. The second-order valence-corrected chi connectivity index (χ2v) is 10.3. The van der Waals surface area contributed by atoms with Gasteiger partial charge in [-0.3, -0.25) is 4.18 Å². The number of rotatable bonds is 7. The van der Waals surface area contributed by atoms with E-state index < -0.39 is 20.0 Å². The van der Waals surface area contributed by atoms with Crippen molar-refractivity contribution in [3.63, 3.8) is 0 Å². The Hall–Kier alpha value is -2.49. The van der Waals surface area contributed by atoms with Crippen molar-refractivity contribution in [2.45, 2.75) is 18.2 Å². The standard InChI is InChI=1S/C20H21NO6S2/c1-14-19(12-13-26-29(3,24)25)21-20(27-14)17-6-4-15(5-7-17)16-8-10-18(11-9-16)28(2,22)23/h4-11H,12-13H2,1-3H3. The SMILES string of the molecule is Cc1oc(-c2ccc(-c3ccc(S(C)(=O)=O)cc3)cc2)nc1CCOS(C)(=O)=O. The van der Waals surface area contributed by atoms with E-state index in [9.17, 15) is 16.8 Å². The molecular weight excluding hydrogens is 414 g/mol. The maximum Gasteiger partial charge on any atom is 0.264 e. The average Bonchev–Trinajstić information content (AvgIpc) is 3.01. The van der Waals surface area contributed by atoms with Crippen LogP contribution in [0, 0.1) is 6.92 Å². The number of benzene rings is 2. The van der Waals surface area contributed by atoms with E-state index in [1.54, 1.807) is 31.2 Å². The molecule has 0 aliphatic rings. The minimum atomic E-state index is -3.49. The van der Waals surface area contributed by atoms with E-state index in [4.69, 9.17) is 8.60 Å². The molecule has 7 nitrogen and oxygen atoms in total. The van der Waals surface area contributed by atoms with Crippen LogP contribution in [0.5, 0.6) is 0 Å². The highest BCUT2D eigenvalue weighted by atomic mass is 32.2. The van der Waals surface area contributed by atoms with E-state index in [1.807, 2.05) is 24.3 Å². The maximum atomic E-state index is 11.6. The predicted molar refractivity (Wildman–Crippen MR) is 110 cm³/mol. The van der Waals surface area contributed by atoms with Gasteiger partial charge in [0.05, 0.1) is 23.5 Å². The second kappa shape index (κ2) is 8.10. The first-order valence-electron chi connectivity index (χ1n) is 8.74. The molecule has 0 aliphatic carbocycles. The normalized spacial score (nSPS) is 12.2. The van der Waals surface area contributed by atoms with E-state index in [0.717, 1.165) is 22.9 Å². The Morgan fingerprint density at radius 3 is 1.90 bits per heavy atom. The number of hydrogen-bond acceptors (Lipinski definition) is 7. The van der Waals surface area contributed by atoms with Crippen LogP contribution in [-0.2, 0) is 30.6 Å². The Labute approximate surface area is 170 Å². The average molecular weight is 436 g/mol. The maximum absolute atomic E-state index is 11.6. The van der Waals surface area contributed by atoms with Crippen molar-refractivity contribution in [3.05, 3.63) is 60.0 Å². The molecule has 0 amide bonds. The monoisotopic (exact) mass is 435 g/mol. The number of nitrogens with zero attached hydrogens (tertiary/aromatic N) is 1. The van der Waals surface area contributed by atoms with E-state index in [1.165, 1.54) is 6.26 Å². The van der Waals surface area contributed by atoms with Gasteiger partial charge < -0.3 is 4.42 Å². The lowest BCUT2D eigenvalue weighted by Gasteiger charge is -2.04. The number of aryl methyl sites for hydroxylation is 1. The van der Waals surface area contributed by atoms with Crippen molar-refractivity contribution in [1.29, 1.82) is 0 Å².